The summed E-state index contributed by atoms with van der Waals surface area (Å²) in [7, 11) is 1.54. The highest BCUT2D eigenvalue weighted by Crippen LogP contribution is 2.27. The highest BCUT2D eigenvalue weighted by atomic mass is 19.1. The van der Waals surface area contributed by atoms with Gasteiger partial charge < -0.3 is 15.2 Å². The Labute approximate surface area is 104 Å². The van der Waals surface area contributed by atoms with Crippen LogP contribution < -0.4 is 15.2 Å². The lowest BCUT2D eigenvalue weighted by atomic mass is 10.2. The van der Waals surface area contributed by atoms with Crippen molar-refractivity contribution in [2.45, 2.75) is 6.92 Å². The minimum absolute atomic E-state index is 0.0966. The van der Waals surface area contributed by atoms with Gasteiger partial charge in [-0.2, -0.15) is 0 Å². The minimum Gasteiger partial charge on any atom is -0.495 e. The normalized spacial score (nSPS) is 10.2. The molecule has 2 aromatic rings. The first kappa shape index (κ1) is 12.2. The van der Waals surface area contributed by atoms with Gasteiger partial charge >= 0.3 is 0 Å². The number of nitrogen functional groups attached to an aromatic ring is 1. The van der Waals surface area contributed by atoms with Gasteiger partial charge in [-0.05, 0) is 24.6 Å². The molecule has 0 saturated carbocycles. The van der Waals surface area contributed by atoms with Gasteiger partial charge in [0.05, 0.1) is 13.3 Å². The average molecular weight is 248 g/mol. The molecule has 0 unspecified atom stereocenters. The molecule has 94 valence electrons. The lowest BCUT2D eigenvalue weighted by molar-refractivity contribution is 0.403. The van der Waals surface area contributed by atoms with E-state index in [-0.39, 0.29) is 5.75 Å². The predicted molar refractivity (Wildman–Crippen MR) is 66.4 cm³/mol. The number of rotatable bonds is 3. The Hall–Kier alpha value is -2.30. The van der Waals surface area contributed by atoms with E-state index in [1.807, 2.05) is 0 Å². The minimum atomic E-state index is -0.518. The highest BCUT2D eigenvalue weighted by Gasteiger charge is 2.08. The van der Waals surface area contributed by atoms with Gasteiger partial charge in [0.1, 0.15) is 5.75 Å². The van der Waals surface area contributed by atoms with Crippen LogP contribution in [-0.2, 0) is 0 Å². The maximum absolute atomic E-state index is 13.6. The third-order valence-electron chi connectivity index (χ3n) is 2.48. The molecule has 18 heavy (non-hydrogen) atoms. The number of benzene rings is 1. The molecule has 0 aliphatic rings. The second-order valence-corrected chi connectivity index (χ2v) is 3.78. The molecule has 0 spiro atoms. The maximum Gasteiger partial charge on any atom is 0.219 e. The molecule has 5 heteroatoms. The summed E-state index contributed by atoms with van der Waals surface area (Å²) in [5.41, 5.74) is 6.73. The first-order valence-corrected chi connectivity index (χ1v) is 5.33. The molecular weight excluding hydrogens is 235 g/mol. The number of pyridine rings is 1. The van der Waals surface area contributed by atoms with Crippen LogP contribution >= 0.6 is 0 Å². The van der Waals surface area contributed by atoms with Crippen LogP contribution in [0.4, 0.5) is 10.1 Å². The third-order valence-corrected chi connectivity index (χ3v) is 2.48. The van der Waals surface area contributed by atoms with Gasteiger partial charge in [0.25, 0.3) is 0 Å². The molecular formula is C13H13FN2O2. The maximum atomic E-state index is 13.6. The van der Waals surface area contributed by atoms with Crippen LogP contribution in [0.3, 0.4) is 0 Å². The molecule has 0 amide bonds. The third kappa shape index (κ3) is 2.51. The average Bonchev–Trinajstić information content (AvgIpc) is 2.37. The van der Waals surface area contributed by atoms with E-state index >= 15 is 0 Å². The van der Waals surface area contributed by atoms with Crippen molar-refractivity contribution >= 4 is 5.69 Å². The summed E-state index contributed by atoms with van der Waals surface area (Å²) in [4.78, 5) is 3.99. The number of halogens is 1. The largest absolute Gasteiger partial charge is 0.495 e. The van der Waals surface area contributed by atoms with Gasteiger partial charge in [-0.25, -0.2) is 9.37 Å². The van der Waals surface area contributed by atoms with E-state index in [0.29, 0.717) is 17.3 Å². The molecule has 1 aromatic carbocycles. The zero-order valence-corrected chi connectivity index (χ0v) is 10.1. The van der Waals surface area contributed by atoms with E-state index < -0.39 is 5.82 Å². The molecule has 2 rings (SSSR count). The van der Waals surface area contributed by atoms with Gasteiger partial charge in [0.2, 0.25) is 5.88 Å². The van der Waals surface area contributed by atoms with Gasteiger partial charge in [0.15, 0.2) is 11.6 Å². The van der Waals surface area contributed by atoms with Crippen molar-refractivity contribution in [3.63, 3.8) is 0 Å². The molecule has 1 aromatic heterocycles. The molecule has 0 atom stereocenters. The van der Waals surface area contributed by atoms with Crippen molar-refractivity contribution in [2.24, 2.45) is 0 Å². The summed E-state index contributed by atoms with van der Waals surface area (Å²) < 4.78 is 23.9. The second-order valence-electron chi connectivity index (χ2n) is 3.78. The topological polar surface area (TPSA) is 57.4 Å². The standard InChI is InChI=1S/C13H13FN2O2/c1-8-5-12(10(14)6-11(8)15)18-13-4-3-9(17-2)7-16-13/h3-7H,15H2,1-2H3. The number of nitrogens with zero attached hydrogens (tertiary/aromatic N) is 1. The second kappa shape index (κ2) is 4.91. The summed E-state index contributed by atoms with van der Waals surface area (Å²) in [6.07, 6.45) is 1.50. The molecule has 2 N–H and O–H groups in total. The lowest BCUT2D eigenvalue weighted by Gasteiger charge is -2.08. The predicted octanol–water partition coefficient (Wildman–Crippen LogP) is 2.91. The summed E-state index contributed by atoms with van der Waals surface area (Å²) in [5.74, 6) is 0.477. The fourth-order valence-corrected chi connectivity index (χ4v) is 1.41. The highest BCUT2D eigenvalue weighted by molar-refractivity contribution is 5.51. The summed E-state index contributed by atoms with van der Waals surface area (Å²) >= 11 is 0. The molecule has 0 saturated heterocycles. The monoisotopic (exact) mass is 248 g/mol. The molecule has 0 radical (unpaired) electrons. The van der Waals surface area contributed by atoms with Crippen LogP contribution in [0, 0.1) is 12.7 Å². The Morgan fingerprint density at radius 3 is 2.67 bits per heavy atom. The van der Waals surface area contributed by atoms with Crippen LogP contribution in [0.15, 0.2) is 30.5 Å². The molecule has 0 bridgehead atoms. The fraction of sp³-hybridized carbons (Fsp3) is 0.154. The van der Waals surface area contributed by atoms with Crippen LogP contribution in [0.25, 0.3) is 0 Å². The van der Waals surface area contributed by atoms with Crippen LogP contribution in [0.1, 0.15) is 5.56 Å². The zero-order chi connectivity index (χ0) is 13.1. The number of methoxy groups -OCH3 is 1. The Balaban J connectivity index is 2.25. The number of anilines is 1. The van der Waals surface area contributed by atoms with E-state index in [4.69, 9.17) is 15.2 Å². The van der Waals surface area contributed by atoms with E-state index in [1.54, 1.807) is 26.2 Å². The number of ether oxygens (including phenoxy) is 2. The first-order valence-electron chi connectivity index (χ1n) is 5.33. The molecule has 0 fully saturated rings. The van der Waals surface area contributed by atoms with Crippen molar-refractivity contribution in [1.82, 2.24) is 4.98 Å². The SMILES string of the molecule is COc1ccc(Oc2cc(C)c(N)cc2F)nc1. The van der Waals surface area contributed by atoms with E-state index in [0.717, 1.165) is 5.56 Å². The zero-order valence-electron chi connectivity index (χ0n) is 10.1. The molecule has 4 nitrogen and oxygen atoms in total. The number of aromatic nitrogens is 1. The first-order chi connectivity index (χ1) is 8.60. The Bertz CT molecular complexity index is 556. The molecule has 0 aliphatic carbocycles. The number of nitrogens with two attached hydrogens (primary N) is 1. The summed E-state index contributed by atoms with van der Waals surface area (Å²) in [6, 6.07) is 6.05. The Morgan fingerprint density at radius 2 is 2.06 bits per heavy atom. The van der Waals surface area contributed by atoms with Crippen molar-refractivity contribution < 1.29 is 13.9 Å². The quantitative estimate of drug-likeness (QED) is 0.848. The van der Waals surface area contributed by atoms with E-state index in [9.17, 15) is 4.39 Å². The molecule has 1 heterocycles. The number of hydrogen-bond acceptors (Lipinski definition) is 4. The van der Waals surface area contributed by atoms with Crippen LogP contribution in [0.2, 0.25) is 0 Å². The van der Waals surface area contributed by atoms with Crippen molar-refractivity contribution in [2.75, 3.05) is 12.8 Å². The Kier molecular flexibility index (Phi) is 3.32. The number of hydrogen-bond donors (Lipinski definition) is 1. The van der Waals surface area contributed by atoms with Gasteiger partial charge in [-0.1, -0.05) is 0 Å². The summed E-state index contributed by atoms with van der Waals surface area (Å²) in [6.45, 7) is 1.78. The van der Waals surface area contributed by atoms with E-state index in [1.165, 1.54) is 18.3 Å². The van der Waals surface area contributed by atoms with Gasteiger partial charge in [0, 0.05) is 17.8 Å². The van der Waals surface area contributed by atoms with Crippen molar-refractivity contribution in [3.05, 3.63) is 41.8 Å². The lowest BCUT2D eigenvalue weighted by Crippen LogP contribution is -1.96. The smallest absolute Gasteiger partial charge is 0.219 e. The number of aryl methyl sites for hydroxylation is 1. The van der Waals surface area contributed by atoms with Crippen molar-refractivity contribution in [3.8, 4) is 17.4 Å². The van der Waals surface area contributed by atoms with Crippen LogP contribution in [-0.4, -0.2) is 12.1 Å². The van der Waals surface area contributed by atoms with E-state index in [2.05, 4.69) is 4.98 Å². The van der Waals surface area contributed by atoms with Gasteiger partial charge in [-0.3, -0.25) is 0 Å². The molecule has 0 aliphatic heterocycles. The van der Waals surface area contributed by atoms with Crippen LogP contribution in [0.5, 0.6) is 17.4 Å². The van der Waals surface area contributed by atoms with Gasteiger partial charge in [-0.15, -0.1) is 0 Å². The Morgan fingerprint density at radius 1 is 1.28 bits per heavy atom. The summed E-state index contributed by atoms with van der Waals surface area (Å²) in [5, 5.41) is 0. The fourth-order valence-electron chi connectivity index (χ4n) is 1.41. The van der Waals surface area contributed by atoms with Crippen molar-refractivity contribution in [1.29, 1.82) is 0 Å².